The number of aliphatic hydroxyl groups excluding tert-OH is 1. The Hall–Kier alpha value is -2.13. The Bertz CT molecular complexity index is 818. The van der Waals surface area contributed by atoms with E-state index in [1.807, 2.05) is 29.8 Å². The summed E-state index contributed by atoms with van der Waals surface area (Å²) in [7, 11) is 3.76. The van der Waals surface area contributed by atoms with E-state index in [-0.39, 0.29) is 6.61 Å². The maximum Gasteiger partial charge on any atom is 0.161 e. The Balaban J connectivity index is 1.46. The summed E-state index contributed by atoms with van der Waals surface area (Å²) in [4.78, 5) is 4.59. The molecular formula is C23H37N5O3. The molecule has 2 N–H and O–H groups in total. The molecule has 1 aromatic heterocycles. The quantitative estimate of drug-likeness (QED) is 0.519. The van der Waals surface area contributed by atoms with Crippen molar-refractivity contribution in [2.24, 2.45) is 0 Å². The lowest BCUT2D eigenvalue weighted by Crippen LogP contribution is -2.47. The van der Waals surface area contributed by atoms with Gasteiger partial charge < -0.3 is 24.8 Å². The second-order valence-electron chi connectivity index (χ2n) is 8.38. The van der Waals surface area contributed by atoms with Gasteiger partial charge in [-0.25, -0.2) is 0 Å². The second kappa shape index (κ2) is 11.5. The first-order valence-corrected chi connectivity index (χ1v) is 11.0. The number of ether oxygens (including phenoxy) is 2. The van der Waals surface area contributed by atoms with Gasteiger partial charge in [0.05, 0.1) is 19.3 Å². The first kappa shape index (κ1) is 23.5. The van der Waals surface area contributed by atoms with Crippen molar-refractivity contribution in [1.29, 1.82) is 0 Å². The van der Waals surface area contributed by atoms with Crippen molar-refractivity contribution in [1.82, 2.24) is 24.9 Å². The number of nitrogens with zero attached hydrogens (tertiary/aromatic N) is 4. The summed E-state index contributed by atoms with van der Waals surface area (Å²) in [6.07, 6.45) is -0.532. The number of piperazine rings is 1. The van der Waals surface area contributed by atoms with Crippen LogP contribution in [0.25, 0.3) is 0 Å². The summed E-state index contributed by atoms with van der Waals surface area (Å²) in [6, 6.07) is 8.02. The number of benzene rings is 1. The minimum absolute atomic E-state index is 0.248. The van der Waals surface area contributed by atoms with Gasteiger partial charge in [-0.2, -0.15) is 5.10 Å². The maximum absolute atomic E-state index is 10.4. The van der Waals surface area contributed by atoms with Crippen LogP contribution in [0.3, 0.4) is 0 Å². The Labute approximate surface area is 185 Å². The van der Waals surface area contributed by atoms with Crippen LogP contribution in [-0.2, 0) is 13.1 Å². The van der Waals surface area contributed by atoms with Crippen molar-refractivity contribution < 1.29 is 14.6 Å². The fourth-order valence-electron chi connectivity index (χ4n) is 3.83. The summed E-state index contributed by atoms with van der Waals surface area (Å²) in [5.74, 6) is 1.34. The summed E-state index contributed by atoms with van der Waals surface area (Å²) < 4.78 is 13.4. The molecule has 8 nitrogen and oxygen atoms in total. The van der Waals surface area contributed by atoms with Gasteiger partial charge >= 0.3 is 0 Å². The number of nitrogens with one attached hydrogen (secondary N) is 1. The van der Waals surface area contributed by atoms with Crippen LogP contribution in [0.2, 0.25) is 0 Å². The molecule has 0 saturated carbocycles. The normalized spacial score (nSPS) is 16.4. The molecule has 3 rings (SSSR count). The van der Waals surface area contributed by atoms with Gasteiger partial charge in [-0.3, -0.25) is 9.58 Å². The monoisotopic (exact) mass is 431 g/mol. The molecule has 1 aliphatic heterocycles. The van der Waals surface area contributed by atoms with Gasteiger partial charge in [0, 0.05) is 51.5 Å². The number of aryl methyl sites for hydroxylation is 2. The standard InChI is InChI=1S/C23H37N5O3/c1-18-13-19(2)28(25-18)8-7-24-15-20-5-6-22(30-4)23(14-20)31-17-21(29)16-27-11-9-26(3)10-12-27/h5-6,13-14,21,24,29H,7-12,15-17H2,1-4H3/t21-/m0/s1. The third-order valence-electron chi connectivity index (χ3n) is 5.66. The number of aromatic nitrogens is 2. The van der Waals surface area contributed by atoms with E-state index < -0.39 is 6.10 Å². The van der Waals surface area contributed by atoms with Gasteiger partial charge in [-0.15, -0.1) is 0 Å². The van der Waals surface area contributed by atoms with Crippen molar-refractivity contribution in [3.63, 3.8) is 0 Å². The zero-order chi connectivity index (χ0) is 22.2. The van der Waals surface area contributed by atoms with Crippen LogP contribution in [0.5, 0.6) is 11.5 Å². The molecule has 31 heavy (non-hydrogen) atoms. The fourth-order valence-corrected chi connectivity index (χ4v) is 3.83. The van der Waals surface area contributed by atoms with Crippen molar-refractivity contribution in [3.8, 4) is 11.5 Å². The topological polar surface area (TPSA) is 75.0 Å². The van der Waals surface area contributed by atoms with Crippen molar-refractivity contribution in [2.75, 3.05) is 60.0 Å². The molecule has 8 heteroatoms. The van der Waals surface area contributed by atoms with E-state index >= 15 is 0 Å². The number of hydrogen-bond donors (Lipinski definition) is 2. The Morgan fingerprint density at radius 1 is 1.13 bits per heavy atom. The summed E-state index contributed by atoms with van der Waals surface area (Å²) in [5, 5.41) is 18.4. The average Bonchev–Trinajstić information content (AvgIpc) is 3.08. The zero-order valence-corrected chi connectivity index (χ0v) is 19.3. The number of aliphatic hydroxyl groups is 1. The SMILES string of the molecule is COc1ccc(CNCCn2nc(C)cc2C)cc1OC[C@@H](O)CN1CCN(C)CC1. The van der Waals surface area contributed by atoms with E-state index in [1.54, 1.807) is 7.11 Å². The molecule has 172 valence electrons. The largest absolute Gasteiger partial charge is 0.493 e. The smallest absolute Gasteiger partial charge is 0.161 e. The van der Waals surface area contributed by atoms with Gasteiger partial charge in [-0.1, -0.05) is 6.07 Å². The van der Waals surface area contributed by atoms with Crippen molar-refractivity contribution >= 4 is 0 Å². The molecular weight excluding hydrogens is 394 g/mol. The Morgan fingerprint density at radius 2 is 1.90 bits per heavy atom. The van der Waals surface area contributed by atoms with Gasteiger partial charge in [0.15, 0.2) is 11.5 Å². The molecule has 1 atom stereocenters. The minimum Gasteiger partial charge on any atom is -0.493 e. The first-order valence-electron chi connectivity index (χ1n) is 11.0. The zero-order valence-electron chi connectivity index (χ0n) is 19.3. The number of likely N-dealkylation sites (N-methyl/N-ethyl adjacent to an activating group) is 1. The molecule has 0 unspecified atom stereocenters. The van der Waals surface area contributed by atoms with Crippen molar-refractivity contribution in [2.45, 2.75) is 33.0 Å². The van der Waals surface area contributed by atoms with Crippen LogP contribution in [-0.4, -0.2) is 90.8 Å². The summed E-state index contributed by atoms with van der Waals surface area (Å²) >= 11 is 0. The highest BCUT2D eigenvalue weighted by Gasteiger charge is 2.18. The molecule has 0 spiro atoms. The molecule has 0 radical (unpaired) electrons. The highest BCUT2D eigenvalue weighted by molar-refractivity contribution is 5.43. The molecule has 2 heterocycles. The van der Waals surface area contributed by atoms with Crippen molar-refractivity contribution in [3.05, 3.63) is 41.2 Å². The van der Waals surface area contributed by atoms with E-state index in [0.29, 0.717) is 18.0 Å². The number of hydrogen-bond acceptors (Lipinski definition) is 7. The van der Waals surface area contributed by atoms with Crippen LogP contribution in [0.15, 0.2) is 24.3 Å². The highest BCUT2D eigenvalue weighted by Crippen LogP contribution is 2.28. The second-order valence-corrected chi connectivity index (χ2v) is 8.38. The van der Waals surface area contributed by atoms with Crippen LogP contribution in [0.1, 0.15) is 17.0 Å². The van der Waals surface area contributed by atoms with E-state index in [9.17, 15) is 5.11 Å². The lowest BCUT2D eigenvalue weighted by Gasteiger charge is -2.33. The van der Waals surface area contributed by atoms with Gasteiger partial charge in [0.2, 0.25) is 0 Å². The molecule has 0 aliphatic carbocycles. The molecule has 1 saturated heterocycles. The first-order chi connectivity index (χ1) is 14.9. The van der Waals surface area contributed by atoms with Crippen LogP contribution in [0.4, 0.5) is 0 Å². The highest BCUT2D eigenvalue weighted by atomic mass is 16.5. The number of methoxy groups -OCH3 is 1. The average molecular weight is 432 g/mol. The van der Waals surface area contributed by atoms with E-state index in [2.05, 4.69) is 40.3 Å². The molecule has 1 aliphatic rings. The predicted molar refractivity (Wildman–Crippen MR) is 122 cm³/mol. The van der Waals surface area contributed by atoms with E-state index in [1.165, 1.54) is 5.69 Å². The molecule has 0 amide bonds. The molecule has 1 fully saturated rings. The lowest BCUT2D eigenvalue weighted by atomic mass is 10.2. The van der Waals surface area contributed by atoms with Gasteiger partial charge in [0.1, 0.15) is 12.7 Å². The van der Waals surface area contributed by atoms with E-state index in [0.717, 1.165) is 57.1 Å². The fraction of sp³-hybridized carbons (Fsp3) is 0.609. The third kappa shape index (κ3) is 7.21. The summed E-state index contributed by atoms with van der Waals surface area (Å²) in [6.45, 7) is 11.4. The molecule has 1 aromatic carbocycles. The number of β-amino-alcohol motifs (C(OH)–C–C–N with tert-alkyl or cyclic N) is 1. The van der Waals surface area contributed by atoms with Gasteiger partial charge in [-0.05, 0) is 44.7 Å². The lowest BCUT2D eigenvalue weighted by molar-refractivity contribution is 0.0498. The molecule has 2 aromatic rings. The molecule has 0 bridgehead atoms. The summed E-state index contributed by atoms with van der Waals surface area (Å²) in [5.41, 5.74) is 3.33. The van der Waals surface area contributed by atoms with Gasteiger partial charge in [0.25, 0.3) is 0 Å². The predicted octanol–water partition coefficient (Wildman–Crippen LogP) is 1.29. The third-order valence-corrected chi connectivity index (χ3v) is 5.66. The maximum atomic E-state index is 10.4. The van der Waals surface area contributed by atoms with E-state index in [4.69, 9.17) is 9.47 Å². The van der Waals surface area contributed by atoms with Crippen LogP contribution < -0.4 is 14.8 Å². The Morgan fingerprint density at radius 3 is 2.58 bits per heavy atom. The van der Waals surface area contributed by atoms with Crippen LogP contribution >= 0.6 is 0 Å². The number of rotatable bonds is 11. The minimum atomic E-state index is -0.532. The van der Waals surface area contributed by atoms with Crippen LogP contribution in [0, 0.1) is 13.8 Å². The Kier molecular flexibility index (Phi) is 8.71.